The van der Waals surface area contributed by atoms with Gasteiger partial charge >= 0.3 is 6.61 Å². The van der Waals surface area contributed by atoms with Crippen LogP contribution in [0.3, 0.4) is 0 Å². The fraction of sp³-hybridized carbons (Fsp3) is 0.500. The predicted octanol–water partition coefficient (Wildman–Crippen LogP) is 2.85. The maximum absolute atomic E-state index is 12.2. The summed E-state index contributed by atoms with van der Waals surface area (Å²) in [7, 11) is 0. The normalized spacial score (nSPS) is 15.5. The Morgan fingerprint density at radius 1 is 1.44 bits per heavy atom. The van der Waals surface area contributed by atoms with Gasteiger partial charge in [-0.1, -0.05) is 18.2 Å². The van der Waals surface area contributed by atoms with Crippen LogP contribution >= 0.6 is 0 Å². The van der Waals surface area contributed by atoms with Gasteiger partial charge in [0.1, 0.15) is 5.75 Å². The fourth-order valence-electron chi connectivity index (χ4n) is 1.65. The molecule has 0 amide bonds. The van der Waals surface area contributed by atoms with Gasteiger partial charge in [-0.05, 0) is 25.3 Å². The monoisotopic (exact) mass is 227 g/mol. The highest BCUT2D eigenvalue weighted by Gasteiger charge is 2.21. The molecule has 16 heavy (non-hydrogen) atoms. The van der Waals surface area contributed by atoms with Gasteiger partial charge in [-0.15, -0.1) is 0 Å². The molecule has 0 heterocycles. The molecule has 0 bridgehead atoms. The Balaban J connectivity index is 2.10. The number of ether oxygens (including phenoxy) is 1. The van der Waals surface area contributed by atoms with Gasteiger partial charge in [-0.25, -0.2) is 0 Å². The van der Waals surface area contributed by atoms with Crippen LogP contribution in [0.15, 0.2) is 18.2 Å². The molecule has 0 atom stereocenters. The van der Waals surface area contributed by atoms with Gasteiger partial charge in [0, 0.05) is 18.2 Å². The molecule has 0 spiro atoms. The molecule has 2 nitrogen and oxygen atoms in total. The van der Waals surface area contributed by atoms with Crippen LogP contribution in [0.25, 0.3) is 0 Å². The van der Waals surface area contributed by atoms with Gasteiger partial charge < -0.3 is 10.1 Å². The summed E-state index contributed by atoms with van der Waals surface area (Å²) in [5.74, 6) is 0.311. The molecule has 1 aliphatic rings. The summed E-state index contributed by atoms with van der Waals surface area (Å²) >= 11 is 0. The predicted molar refractivity (Wildman–Crippen MR) is 57.7 cm³/mol. The number of alkyl halides is 2. The minimum Gasteiger partial charge on any atom is -0.434 e. The Hall–Kier alpha value is -1.16. The average Bonchev–Trinajstić information content (AvgIpc) is 3.02. The van der Waals surface area contributed by atoms with Crippen LogP contribution in [0.4, 0.5) is 8.78 Å². The van der Waals surface area contributed by atoms with Crippen LogP contribution in [0.1, 0.15) is 24.0 Å². The Labute approximate surface area is 93.6 Å². The summed E-state index contributed by atoms with van der Waals surface area (Å²) in [6.45, 7) is -0.395. The molecule has 0 saturated heterocycles. The van der Waals surface area contributed by atoms with Gasteiger partial charge in [0.2, 0.25) is 0 Å². The highest BCUT2D eigenvalue weighted by atomic mass is 19.3. The zero-order chi connectivity index (χ0) is 11.5. The molecule has 1 aliphatic carbocycles. The first-order chi connectivity index (χ1) is 7.66. The smallest absolute Gasteiger partial charge is 0.387 e. The summed E-state index contributed by atoms with van der Waals surface area (Å²) in [5.41, 5.74) is 1.54. The largest absolute Gasteiger partial charge is 0.434 e. The lowest BCUT2D eigenvalue weighted by molar-refractivity contribution is -0.0509. The minimum atomic E-state index is -2.76. The van der Waals surface area contributed by atoms with Crippen LogP contribution < -0.4 is 10.1 Å². The van der Waals surface area contributed by atoms with Gasteiger partial charge in [-0.3, -0.25) is 0 Å². The van der Waals surface area contributed by atoms with Crippen molar-refractivity contribution in [3.63, 3.8) is 0 Å². The Bertz CT molecular complexity index is 364. The first kappa shape index (κ1) is 11.3. The molecule has 1 saturated carbocycles. The Morgan fingerprint density at radius 2 is 2.19 bits per heavy atom. The fourth-order valence-corrected chi connectivity index (χ4v) is 1.65. The molecule has 0 aromatic heterocycles. The zero-order valence-corrected chi connectivity index (χ0v) is 9.17. The van der Waals surface area contributed by atoms with E-state index in [1.54, 1.807) is 13.0 Å². The molecule has 0 aliphatic heterocycles. The maximum Gasteiger partial charge on any atom is 0.387 e. The lowest BCUT2D eigenvalue weighted by atomic mass is 10.1. The Kier molecular flexibility index (Phi) is 3.39. The van der Waals surface area contributed by atoms with Crippen molar-refractivity contribution < 1.29 is 13.5 Å². The number of halogens is 2. The molecule has 0 radical (unpaired) electrons. The summed E-state index contributed by atoms with van der Waals surface area (Å²) in [6, 6.07) is 6.01. The van der Waals surface area contributed by atoms with E-state index in [9.17, 15) is 8.78 Å². The maximum atomic E-state index is 12.2. The summed E-state index contributed by atoms with van der Waals surface area (Å²) in [5, 5.41) is 3.29. The number of para-hydroxylation sites is 1. The van der Waals surface area contributed by atoms with E-state index in [1.165, 1.54) is 12.8 Å². The first-order valence-corrected chi connectivity index (χ1v) is 5.43. The van der Waals surface area contributed by atoms with Crippen LogP contribution in [0.2, 0.25) is 0 Å². The second-order valence-corrected chi connectivity index (χ2v) is 4.10. The van der Waals surface area contributed by atoms with Gasteiger partial charge in [0.05, 0.1) is 0 Å². The van der Waals surface area contributed by atoms with Crippen LogP contribution in [-0.2, 0) is 6.54 Å². The molecule has 2 rings (SSSR count). The van der Waals surface area contributed by atoms with Crippen molar-refractivity contribution in [3.05, 3.63) is 29.3 Å². The number of hydrogen-bond donors (Lipinski definition) is 1. The standard InChI is InChI=1S/C12H15F2NO/c1-8-3-2-4-9(7-15-10-5-6-10)11(8)16-12(13)14/h2-4,10,12,15H,5-7H2,1H3. The van der Waals surface area contributed by atoms with Gasteiger partial charge in [0.25, 0.3) is 0 Å². The summed E-state index contributed by atoms with van der Waals surface area (Å²) in [6.07, 6.45) is 2.35. The van der Waals surface area contributed by atoms with Crippen molar-refractivity contribution in [1.82, 2.24) is 5.32 Å². The van der Waals surface area contributed by atoms with Crippen molar-refractivity contribution in [2.45, 2.75) is 39.0 Å². The number of rotatable bonds is 5. The van der Waals surface area contributed by atoms with Crippen molar-refractivity contribution in [1.29, 1.82) is 0 Å². The number of nitrogens with one attached hydrogen (secondary N) is 1. The number of hydrogen-bond acceptors (Lipinski definition) is 2. The molecule has 1 aromatic rings. The van der Waals surface area contributed by atoms with Crippen LogP contribution in [0, 0.1) is 6.92 Å². The highest BCUT2D eigenvalue weighted by molar-refractivity contribution is 5.40. The lowest BCUT2D eigenvalue weighted by Crippen LogP contribution is -2.17. The zero-order valence-electron chi connectivity index (χ0n) is 9.17. The number of aryl methyl sites for hydroxylation is 1. The molecule has 0 unspecified atom stereocenters. The first-order valence-electron chi connectivity index (χ1n) is 5.43. The van der Waals surface area contributed by atoms with E-state index in [-0.39, 0.29) is 0 Å². The van der Waals surface area contributed by atoms with Crippen LogP contribution in [0.5, 0.6) is 5.75 Å². The third-order valence-corrected chi connectivity index (χ3v) is 2.66. The second kappa shape index (κ2) is 4.78. The lowest BCUT2D eigenvalue weighted by Gasteiger charge is -2.13. The van der Waals surface area contributed by atoms with Crippen molar-refractivity contribution >= 4 is 0 Å². The van der Waals surface area contributed by atoms with Crippen molar-refractivity contribution in [2.75, 3.05) is 0 Å². The minimum absolute atomic E-state index is 0.311. The molecular formula is C12H15F2NO. The van der Waals surface area contributed by atoms with Crippen molar-refractivity contribution in [2.24, 2.45) is 0 Å². The van der Waals surface area contributed by atoms with E-state index in [2.05, 4.69) is 10.1 Å². The van der Waals surface area contributed by atoms with Gasteiger partial charge in [0.15, 0.2) is 0 Å². The van der Waals surface area contributed by atoms with E-state index >= 15 is 0 Å². The topological polar surface area (TPSA) is 21.3 Å². The summed E-state index contributed by atoms with van der Waals surface area (Å²) in [4.78, 5) is 0. The molecule has 1 fully saturated rings. The Morgan fingerprint density at radius 3 is 2.81 bits per heavy atom. The highest BCUT2D eigenvalue weighted by Crippen LogP contribution is 2.26. The van der Waals surface area contributed by atoms with Crippen molar-refractivity contribution in [3.8, 4) is 5.75 Å². The van der Waals surface area contributed by atoms with Gasteiger partial charge in [-0.2, -0.15) is 8.78 Å². The van der Waals surface area contributed by atoms with E-state index in [1.807, 2.05) is 12.1 Å². The summed E-state index contributed by atoms with van der Waals surface area (Å²) < 4.78 is 29.1. The van der Waals surface area contributed by atoms with E-state index in [4.69, 9.17) is 0 Å². The third kappa shape index (κ3) is 2.92. The molecule has 88 valence electrons. The van der Waals surface area contributed by atoms with E-state index in [0.717, 1.165) is 11.1 Å². The van der Waals surface area contributed by atoms with Crippen LogP contribution in [-0.4, -0.2) is 12.7 Å². The average molecular weight is 227 g/mol. The quantitative estimate of drug-likeness (QED) is 0.835. The molecular weight excluding hydrogens is 212 g/mol. The molecule has 1 N–H and O–H groups in total. The SMILES string of the molecule is Cc1cccc(CNC2CC2)c1OC(F)F. The van der Waals surface area contributed by atoms with E-state index in [0.29, 0.717) is 18.3 Å². The third-order valence-electron chi connectivity index (χ3n) is 2.66. The molecule has 4 heteroatoms. The second-order valence-electron chi connectivity index (χ2n) is 4.10. The molecule has 1 aromatic carbocycles. The van der Waals surface area contributed by atoms with E-state index < -0.39 is 6.61 Å². The number of benzene rings is 1.